The predicted octanol–water partition coefficient (Wildman–Crippen LogP) is 10.6. The normalized spacial score (nSPS) is 12.6. The van der Waals surface area contributed by atoms with Crippen molar-refractivity contribution in [2.45, 2.75) is 87.4 Å². The van der Waals surface area contributed by atoms with Crippen molar-refractivity contribution >= 4 is 23.0 Å². The number of carbonyl (C=O) groups excluding carboxylic acids is 1. The molecule has 0 aliphatic heterocycles. The summed E-state index contributed by atoms with van der Waals surface area (Å²) in [4.78, 5) is 29.2. The molecule has 0 radical (unpaired) electrons. The maximum Gasteiger partial charge on any atom is 0.453 e. The Bertz CT molecular complexity index is 1920. The maximum absolute atomic E-state index is 14.7. The van der Waals surface area contributed by atoms with E-state index in [2.05, 4.69) is 25.7 Å². The van der Waals surface area contributed by atoms with Crippen molar-refractivity contribution in [3.8, 4) is 17.2 Å². The van der Waals surface area contributed by atoms with Gasteiger partial charge in [0.2, 0.25) is 11.2 Å². The van der Waals surface area contributed by atoms with Gasteiger partial charge in [-0.2, -0.15) is 13.2 Å². The quantitative estimate of drug-likeness (QED) is 0.0886. The van der Waals surface area contributed by atoms with Gasteiger partial charge in [-0.05, 0) is 90.1 Å². The molecule has 0 saturated heterocycles. The van der Waals surface area contributed by atoms with Crippen LogP contribution in [0.15, 0.2) is 63.8 Å². The molecule has 0 N–H and O–H groups in total. The summed E-state index contributed by atoms with van der Waals surface area (Å²) in [6, 6.07) is 14.0. The molecule has 0 aliphatic carbocycles. The average molecular weight is 692 g/mol. The second kappa shape index (κ2) is 15.3. The van der Waals surface area contributed by atoms with Crippen LogP contribution in [0.5, 0.6) is 17.2 Å². The van der Waals surface area contributed by atoms with E-state index in [0.29, 0.717) is 18.7 Å². The van der Waals surface area contributed by atoms with E-state index in [1.54, 1.807) is 26.0 Å². The number of hydrogen-bond donors (Lipinski definition) is 0. The van der Waals surface area contributed by atoms with Gasteiger partial charge < -0.3 is 13.9 Å². The Hall–Kier alpha value is -4.37. The van der Waals surface area contributed by atoms with Crippen LogP contribution in [0.25, 0.3) is 17.0 Å². The second-order valence-electron chi connectivity index (χ2n) is 14.9. The highest BCUT2D eigenvalue weighted by Crippen LogP contribution is 2.41. The number of ether oxygens (including phenoxy) is 2. The Labute approximate surface area is 292 Å². The van der Waals surface area contributed by atoms with Crippen LogP contribution < -0.4 is 14.9 Å². The molecule has 3 aromatic carbocycles. The molecule has 0 atom stereocenters. The molecule has 4 rings (SSSR count). The van der Waals surface area contributed by atoms with Crippen molar-refractivity contribution < 1.29 is 31.9 Å². The van der Waals surface area contributed by atoms with Gasteiger partial charge in [0.25, 0.3) is 5.76 Å². The van der Waals surface area contributed by atoms with E-state index in [-0.39, 0.29) is 51.8 Å². The first-order chi connectivity index (χ1) is 23.2. The molecule has 268 valence electrons. The molecule has 0 amide bonds. The highest BCUT2D eigenvalue weighted by Gasteiger charge is 2.41. The third-order valence-corrected chi connectivity index (χ3v) is 8.34. The third-order valence-electron chi connectivity index (χ3n) is 8.34. The number of halogens is 3. The van der Waals surface area contributed by atoms with E-state index in [0.717, 1.165) is 22.3 Å². The first-order valence-corrected chi connectivity index (χ1v) is 16.9. The van der Waals surface area contributed by atoms with Gasteiger partial charge in [-0.25, -0.2) is 4.79 Å². The van der Waals surface area contributed by atoms with E-state index in [1.165, 1.54) is 18.2 Å². The molecule has 1 heterocycles. The summed E-state index contributed by atoms with van der Waals surface area (Å²) in [5.74, 6) is -2.66. The Morgan fingerprint density at radius 3 is 2.08 bits per heavy atom. The van der Waals surface area contributed by atoms with E-state index in [9.17, 15) is 22.8 Å². The summed E-state index contributed by atoms with van der Waals surface area (Å²) in [6.45, 7) is 21.1. The monoisotopic (exact) mass is 691 g/mol. The molecular formula is C41H48F3NO5. The largest absolute Gasteiger partial charge is 0.453 e. The van der Waals surface area contributed by atoms with Gasteiger partial charge in [-0.3, -0.25) is 9.69 Å². The van der Waals surface area contributed by atoms with Crippen molar-refractivity contribution in [1.29, 1.82) is 0 Å². The number of carbonyl (C=O) groups is 1. The second-order valence-corrected chi connectivity index (χ2v) is 14.9. The lowest BCUT2D eigenvalue weighted by Gasteiger charge is -2.27. The fourth-order valence-electron chi connectivity index (χ4n) is 5.88. The zero-order valence-corrected chi connectivity index (χ0v) is 30.7. The Morgan fingerprint density at radius 2 is 1.52 bits per heavy atom. The first kappa shape index (κ1) is 38.4. The van der Waals surface area contributed by atoms with Crippen molar-refractivity contribution in [2.75, 3.05) is 13.1 Å². The summed E-state index contributed by atoms with van der Waals surface area (Å²) < 4.78 is 61.3. The van der Waals surface area contributed by atoms with Crippen molar-refractivity contribution in [2.24, 2.45) is 11.8 Å². The van der Waals surface area contributed by atoms with Gasteiger partial charge in [0, 0.05) is 25.7 Å². The maximum atomic E-state index is 14.7. The number of benzene rings is 3. The minimum absolute atomic E-state index is 0.00263. The molecule has 6 nitrogen and oxygen atoms in total. The molecular weight excluding hydrogens is 643 g/mol. The molecule has 0 saturated carbocycles. The van der Waals surface area contributed by atoms with Crippen LogP contribution in [0.4, 0.5) is 13.2 Å². The zero-order chi connectivity index (χ0) is 37.1. The van der Waals surface area contributed by atoms with Crippen LogP contribution in [0.2, 0.25) is 0 Å². The summed E-state index contributed by atoms with van der Waals surface area (Å²) in [5, 5.41) is -0.117. The smallest absolute Gasteiger partial charge is 0.449 e. The highest BCUT2D eigenvalue weighted by molar-refractivity contribution is 5.90. The SMILES string of the molecule is Cc1cc(C)c(C)c(Oc2c(C(F)(F)F)oc3c(CN(CC(C)C)CC(C)C)c(OC(=O)C=Cc4ccc(C(C)(C)C)cc4)ccc3c2=O)c1. The van der Waals surface area contributed by atoms with Gasteiger partial charge >= 0.3 is 12.1 Å². The van der Waals surface area contributed by atoms with Gasteiger partial charge in [0.05, 0.1) is 10.9 Å². The Balaban J connectivity index is 1.86. The summed E-state index contributed by atoms with van der Waals surface area (Å²) in [6.07, 6.45) is -2.19. The molecule has 0 aliphatic rings. The topological polar surface area (TPSA) is 69.0 Å². The van der Waals surface area contributed by atoms with Gasteiger partial charge in [0.15, 0.2) is 0 Å². The van der Waals surface area contributed by atoms with Crippen LogP contribution in [0, 0.1) is 32.6 Å². The standard InChI is InChI=1S/C41H48F3NO5/c1-24(2)21-45(22-25(3)4)23-32-33(48-35(46)18-13-29-11-14-30(15-12-29)40(8,9)10)17-16-31-36(47)38(39(41(42,43)44)50-37(31)32)49-34-20-26(5)19-27(6)28(34)7/h11-20,24-25H,21-23H2,1-10H3. The molecule has 0 bridgehead atoms. The molecule has 0 fully saturated rings. The zero-order valence-electron chi connectivity index (χ0n) is 30.7. The number of alkyl halides is 3. The van der Waals surface area contributed by atoms with Crippen LogP contribution in [-0.4, -0.2) is 24.0 Å². The first-order valence-electron chi connectivity index (χ1n) is 16.9. The van der Waals surface area contributed by atoms with E-state index in [1.807, 2.05) is 65.0 Å². The highest BCUT2D eigenvalue weighted by atomic mass is 19.4. The third kappa shape index (κ3) is 9.44. The number of esters is 1. The van der Waals surface area contributed by atoms with Crippen LogP contribution in [0.1, 0.15) is 87.6 Å². The van der Waals surface area contributed by atoms with Crippen LogP contribution >= 0.6 is 0 Å². The van der Waals surface area contributed by atoms with Gasteiger partial charge in [-0.1, -0.05) is 78.8 Å². The number of rotatable bonds is 11. The molecule has 0 unspecified atom stereocenters. The minimum atomic E-state index is -5.07. The number of aryl methyl sites for hydroxylation is 2. The predicted molar refractivity (Wildman–Crippen MR) is 193 cm³/mol. The number of nitrogens with zero attached hydrogens (tertiary/aromatic N) is 1. The van der Waals surface area contributed by atoms with E-state index in [4.69, 9.17) is 13.9 Å². The van der Waals surface area contributed by atoms with Crippen molar-refractivity contribution in [3.05, 3.63) is 104 Å². The average Bonchev–Trinajstić information content (AvgIpc) is 2.99. The lowest BCUT2D eigenvalue weighted by Crippen LogP contribution is -2.31. The lowest BCUT2D eigenvalue weighted by molar-refractivity contribution is -0.154. The van der Waals surface area contributed by atoms with Gasteiger partial charge in [0.1, 0.15) is 17.1 Å². The number of hydrogen-bond acceptors (Lipinski definition) is 6. The molecule has 9 heteroatoms. The summed E-state index contributed by atoms with van der Waals surface area (Å²) >= 11 is 0. The van der Waals surface area contributed by atoms with Crippen LogP contribution in [0.3, 0.4) is 0 Å². The van der Waals surface area contributed by atoms with Crippen molar-refractivity contribution in [3.63, 3.8) is 0 Å². The fourth-order valence-corrected chi connectivity index (χ4v) is 5.88. The molecule has 1 aromatic heterocycles. The molecule has 4 aromatic rings. The Morgan fingerprint density at radius 1 is 0.900 bits per heavy atom. The van der Waals surface area contributed by atoms with Crippen molar-refractivity contribution in [1.82, 2.24) is 4.90 Å². The van der Waals surface area contributed by atoms with E-state index < -0.39 is 29.1 Å². The number of fused-ring (bicyclic) bond motifs is 1. The Kier molecular flexibility index (Phi) is 11.7. The van der Waals surface area contributed by atoms with E-state index >= 15 is 0 Å². The summed E-state index contributed by atoms with van der Waals surface area (Å²) in [7, 11) is 0. The summed E-state index contributed by atoms with van der Waals surface area (Å²) in [5.41, 5.74) is 2.94. The molecule has 0 spiro atoms. The fraction of sp³-hybridized carbons (Fsp3) is 0.415. The molecule has 50 heavy (non-hydrogen) atoms. The van der Waals surface area contributed by atoms with Gasteiger partial charge in [-0.15, -0.1) is 0 Å². The van der Waals surface area contributed by atoms with Crippen LogP contribution in [-0.2, 0) is 22.9 Å². The lowest BCUT2D eigenvalue weighted by atomic mass is 9.87. The minimum Gasteiger partial charge on any atom is -0.449 e.